The molecule has 1 aromatic carbocycles. The second-order valence-corrected chi connectivity index (χ2v) is 5.50. The van der Waals surface area contributed by atoms with Gasteiger partial charge in [0.15, 0.2) is 0 Å². The lowest BCUT2D eigenvalue weighted by molar-refractivity contribution is -0.116. The third-order valence-corrected chi connectivity index (χ3v) is 3.74. The van der Waals surface area contributed by atoms with E-state index in [0.717, 1.165) is 30.8 Å². The van der Waals surface area contributed by atoms with Gasteiger partial charge in [-0.25, -0.2) is 0 Å². The Bertz CT molecular complexity index is 522. The summed E-state index contributed by atoms with van der Waals surface area (Å²) in [7, 11) is 0. The molecule has 21 heavy (non-hydrogen) atoms. The lowest BCUT2D eigenvalue weighted by Crippen LogP contribution is -2.23. The van der Waals surface area contributed by atoms with Crippen LogP contribution in [0.2, 0.25) is 0 Å². The van der Waals surface area contributed by atoms with Crippen LogP contribution in [-0.4, -0.2) is 31.4 Å². The maximum absolute atomic E-state index is 12.0. The molecule has 1 aliphatic rings. The lowest BCUT2D eigenvalue weighted by Gasteiger charge is -2.12. The molecule has 0 aliphatic carbocycles. The minimum atomic E-state index is -0.0875. The van der Waals surface area contributed by atoms with Gasteiger partial charge in [0.2, 0.25) is 5.91 Å². The summed E-state index contributed by atoms with van der Waals surface area (Å²) in [6.07, 6.45) is 1.60. The zero-order valence-electron chi connectivity index (χ0n) is 12.7. The number of aryl methyl sites for hydroxylation is 1. The summed E-state index contributed by atoms with van der Waals surface area (Å²) in [5, 5.41) is 8.96. The number of carbonyl (C=O) groups is 2. The topological polar surface area (TPSA) is 70.2 Å². The van der Waals surface area contributed by atoms with Crippen LogP contribution in [0.1, 0.15) is 35.7 Å². The zero-order valence-corrected chi connectivity index (χ0v) is 12.7. The van der Waals surface area contributed by atoms with Crippen LogP contribution in [0, 0.1) is 12.8 Å². The number of hydrogen-bond donors (Lipinski definition) is 3. The molecule has 2 rings (SSSR count). The van der Waals surface area contributed by atoms with Crippen LogP contribution in [0.25, 0.3) is 0 Å². The van der Waals surface area contributed by atoms with Gasteiger partial charge in [-0.1, -0.05) is 0 Å². The molecular formula is C16H23N3O2. The molecule has 5 nitrogen and oxygen atoms in total. The van der Waals surface area contributed by atoms with Crippen molar-refractivity contribution in [2.45, 2.75) is 26.7 Å². The van der Waals surface area contributed by atoms with Gasteiger partial charge < -0.3 is 16.0 Å². The van der Waals surface area contributed by atoms with E-state index in [9.17, 15) is 9.59 Å². The number of hydrogen-bond acceptors (Lipinski definition) is 3. The predicted octanol–water partition coefficient (Wildman–Crippen LogP) is 1.68. The minimum absolute atomic E-state index is 0.0394. The molecule has 0 spiro atoms. The molecule has 1 atom stereocenters. The van der Waals surface area contributed by atoms with Gasteiger partial charge in [-0.3, -0.25) is 9.59 Å². The van der Waals surface area contributed by atoms with E-state index in [-0.39, 0.29) is 11.8 Å². The average Bonchev–Trinajstić information content (AvgIpc) is 2.94. The van der Waals surface area contributed by atoms with Crippen molar-refractivity contribution in [3.63, 3.8) is 0 Å². The van der Waals surface area contributed by atoms with Crippen LogP contribution < -0.4 is 16.0 Å². The van der Waals surface area contributed by atoms with Crippen molar-refractivity contribution >= 4 is 17.5 Å². The number of anilines is 1. The van der Waals surface area contributed by atoms with Crippen LogP contribution >= 0.6 is 0 Å². The van der Waals surface area contributed by atoms with Crippen LogP contribution in [0.5, 0.6) is 0 Å². The van der Waals surface area contributed by atoms with Crippen molar-refractivity contribution in [2.75, 3.05) is 25.0 Å². The van der Waals surface area contributed by atoms with Crippen LogP contribution in [0.4, 0.5) is 5.69 Å². The third kappa shape index (κ3) is 4.29. The van der Waals surface area contributed by atoms with E-state index in [1.807, 2.05) is 13.8 Å². The molecule has 1 unspecified atom stereocenters. The van der Waals surface area contributed by atoms with E-state index in [1.54, 1.807) is 18.2 Å². The smallest absolute Gasteiger partial charge is 0.251 e. The van der Waals surface area contributed by atoms with Gasteiger partial charge in [0, 0.05) is 24.2 Å². The monoisotopic (exact) mass is 289 g/mol. The molecular weight excluding hydrogens is 266 g/mol. The van der Waals surface area contributed by atoms with Gasteiger partial charge in [0.25, 0.3) is 5.91 Å². The molecule has 2 amide bonds. The fourth-order valence-corrected chi connectivity index (χ4v) is 2.56. The standard InChI is InChI=1S/C16H23N3O2/c1-3-18-16(21)13-4-5-14(11(2)8-13)19-15(20)9-12-6-7-17-10-12/h4-5,8,12,17H,3,6-7,9-10H2,1-2H3,(H,18,21)(H,19,20). The van der Waals surface area contributed by atoms with Gasteiger partial charge in [0.1, 0.15) is 0 Å². The first-order valence-electron chi connectivity index (χ1n) is 7.49. The first kappa shape index (κ1) is 15.5. The quantitative estimate of drug-likeness (QED) is 0.772. The van der Waals surface area contributed by atoms with Gasteiger partial charge in [-0.2, -0.15) is 0 Å². The number of amides is 2. The van der Waals surface area contributed by atoms with Crippen molar-refractivity contribution in [1.82, 2.24) is 10.6 Å². The van der Waals surface area contributed by atoms with Crippen LogP contribution in [0.15, 0.2) is 18.2 Å². The Morgan fingerprint density at radius 1 is 1.38 bits per heavy atom. The summed E-state index contributed by atoms with van der Waals surface area (Å²) < 4.78 is 0. The van der Waals surface area contributed by atoms with E-state index in [2.05, 4.69) is 16.0 Å². The molecule has 114 valence electrons. The molecule has 1 aliphatic heterocycles. The molecule has 1 aromatic rings. The highest BCUT2D eigenvalue weighted by molar-refractivity contribution is 5.96. The van der Waals surface area contributed by atoms with Crippen LogP contribution in [0.3, 0.4) is 0 Å². The van der Waals surface area contributed by atoms with Crippen molar-refractivity contribution in [3.05, 3.63) is 29.3 Å². The SMILES string of the molecule is CCNC(=O)c1ccc(NC(=O)CC2CCNC2)c(C)c1. The highest BCUT2D eigenvalue weighted by Crippen LogP contribution is 2.19. The summed E-state index contributed by atoms with van der Waals surface area (Å²) in [6, 6.07) is 5.34. The number of benzene rings is 1. The minimum Gasteiger partial charge on any atom is -0.352 e. The lowest BCUT2D eigenvalue weighted by atomic mass is 10.0. The molecule has 0 aromatic heterocycles. The van der Waals surface area contributed by atoms with Crippen LogP contribution in [-0.2, 0) is 4.79 Å². The molecule has 3 N–H and O–H groups in total. The van der Waals surface area contributed by atoms with Crippen molar-refractivity contribution < 1.29 is 9.59 Å². The highest BCUT2D eigenvalue weighted by Gasteiger charge is 2.18. The second kappa shape index (κ2) is 7.22. The van der Waals surface area contributed by atoms with Gasteiger partial charge in [0.05, 0.1) is 0 Å². The largest absolute Gasteiger partial charge is 0.352 e. The first-order chi connectivity index (χ1) is 10.1. The number of rotatable bonds is 5. The van der Waals surface area contributed by atoms with E-state index < -0.39 is 0 Å². The number of nitrogens with one attached hydrogen (secondary N) is 3. The summed E-state index contributed by atoms with van der Waals surface area (Å²) >= 11 is 0. The maximum Gasteiger partial charge on any atom is 0.251 e. The average molecular weight is 289 g/mol. The Labute approximate surface area is 125 Å². The van der Waals surface area contributed by atoms with E-state index >= 15 is 0 Å². The van der Waals surface area contributed by atoms with E-state index in [4.69, 9.17) is 0 Å². The number of carbonyl (C=O) groups excluding carboxylic acids is 2. The summed E-state index contributed by atoms with van der Waals surface area (Å²) in [5.74, 6) is 0.382. The zero-order chi connectivity index (χ0) is 15.2. The third-order valence-electron chi connectivity index (χ3n) is 3.74. The maximum atomic E-state index is 12.0. The Kier molecular flexibility index (Phi) is 5.33. The highest BCUT2D eigenvalue weighted by atomic mass is 16.2. The summed E-state index contributed by atoms with van der Waals surface area (Å²) in [5.41, 5.74) is 2.29. The molecule has 1 heterocycles. The second-order valence-electron chi connectivity index (χ2n) is 5.50. The van der Waals surface area contributed by atoms with Crippen molar-refractivity contribution in [1.29, 1.82) is 0 Å². The normalized spacial score (nSPS) is 17.5. The van der Waals surface area contributed by atoms with Crippen molar-refractivity contribution in [3.8, 4) is 0 Å². The summed E-state index contributed by atoms with van der Waals surface area (Å²) in [6.45, 7) is 6.30. The molecule has 0 bridgehead atoms. The Morgan fingerprint density at radius 3 is 2.81 bits per heavy atom. The predicted molar refractivity (Wildman–Crippen MR) is 83.4 cm³/mol. The fraction of sp³-hybridized carbons (Fsp3) is 0.500. The van der Waals surface area contributed by atoms with Crippen molar-refractivity contribution in [2.24, 2.45) is 5.92 Å². The Hall–Kier alpha value is -1.88. The summed E-state index contributed by atoms with van der Waals surface area (Å²) in [4.78, 5) is 23.8. The van der Waals surface area contributed by atoms with E-state index in [0.29, 0.717) is 24.4 Å². The fourth-order valence-electron chi connectivity index (χ4n) is 2.56. The van der Waals surface area contributed by atoms with E-state index in [1.165, 1.54) is 0 Å². The van der Waals surface area contributed by atoms with Gasteiger partial charge >= 0.3 is 0 Å². The molecule has 0 radical (unpaired) electrons. The van der Waals surface area contributed by atoms with Gasteiger partial charge in [-0.05, 0) is 63.0 Å². The Morgan fingerprint density at radius 2 is 2.19 bits per heavy atom. The molecule has 5 heteroatoms. The molecule has 0 saturated carbocycles. The first-order valence-corrected chi connectivity index (χ1v) is 7.49. The molecule has 1 fully saturated rings. The van der Waals surface area contributed by atoms with Gasteiger partial charge in [-0.15, -0.1) is 0 Å². The molecule has 1 saturated heterocycles. The Balaban J connectivity index is 1.96.